The number of amides is 1. The molecule has 4 heteroatoms. The van der Waals surface area contributed by atoms with Crippen LogP contribution in [0.1, 0.15) is 26.7 Å². The summed E-state index contributed by atoms with van der Waals surface area (Å²) in [6.07, 6.45) is 4.54. The Morgan fingerprint density at radius 2 is 2.00 bits per heavy atom. The molecule has 1 amide bonds. The zero-order chi connectivity index (χ0) is 12.7. The maximum absolute atomic E-state index is 11.1. The number of rotatable bonds is 5. The van der Waals surface area contributed by atoms with Gasteiger partial charge in [-0.15, -0.1) is 0 Å². The van der Waals surface area contributed by atoms with Crippen molar-refractivity contribution in [1.29, 1.82) is 0 Å². The van der Waals surface area contributed by atoms with Crippen molar-refractivity contribution < 1.29 is 4.79 Å². The van der Waals surface area contributed by atoms with Gasteiger partial charge >= 0.3 is 0 Å². The highest BCUT2D eigenvalue weighted by atomic mass is 16.1. The van der Waals surface area contributed by atoms with Crippen molar-refractivity contribution in [2.24, 2.45) is 0 Å². The molecule has 1 saturated heterocycles. The van der Waals surface area contributed by atoms with E-state index in [1.165, 1.54) is 5.57 Å². The standard InChI is InChI=1S/C13H25N3O/c1-11(2)4-7-16-8-5-12(6-9-16)15-10-13(17)14-3/h4,12,15H,5-10H2,1-3H3,(H,14,17). The SMILES string of the molecule is CNC(=O)CNC1CCN(CC=C(C)C)CC1. The van der Waals surface area contributed by atoms with Crippen LogP contribution in [0.5, 0.6) is 0 Å². The van der Waals surface area contributed by atoms with Gasteiger partial charge in [0.1, 0.15) is 0 Å². The van der Waals surface area contributed by atoms with Crippen molar-refractivity contribution in [2.45, 2.75) is 32.7 Å². The van der Waals surface area contributed by atoms with Gasteiger partial charge in [-0.05, 0) is 39.8 Å². The summed E-state index contributed by atoms with van der Waals surface area (Å²) in [7, 11) is 1.67. The monoisotopic (exact) mass is 239 g/mol. The largest absolute Gasteiger partial charge is 0.358 e. The van der Waals surface area contributed by atoms with Crippen molar-refractivity contribution in [3.8, 4) is 0 Å². The Morgan fingerprint density at radius 3 is 2.53 bits per heavy atom. The molecular formula is C13H25N3O. The van der Waals surface area contributed by atoms with Crippen LogP contribution in [-0.4, -0.2) is 50.1 Å². The second-order valence-corrected chi connectivity index (χ2v) is 4.91. The lowest BCUT2D eigenvalue weighted by molar-refractivity contribution is -0.119. The molecular weight excluding hydrogens is 214 g/mol. The maximum atomic E-state index is 11.1. The lowest BCUT2D eigenvalue weighted by Crippen LogP contribution is -2.45. The van der Waals surface area contributed by atoms with Crippen LogP contribution in [0.4, 0.5) is 0 Å². The summed E-state index contributed by atoms with van der Waals surface area (Å²) in [6, 6.07) is 0.496. The van der Waals surface area contributed by atoms with Crippen LogP contribution in [0.25, 0.3) is 0 Å². The van der Waals surface area contributed by atoms with Gasteiger partial charge in [-0.3, -0.25) is 9.69 Å². The lowest BCUT2D eigenvalue weighted by Gasteiger charge is -2.31. The molecule has 0 aromatic rings. The molecule has 0 aromatic heterocycles. The number of likely N-dealkylation sites (N-methyl/N-ethyl adjacent to an activating group) is 1. The number of nitrogens with zero attached hydrogens (tertiary/aromatic N) is 1. The van der Waals surface area contributed by atoms with E-state index in [0.29, 0.717) is 12.6 Å². The predicted molar refractivity (Wildman–Crippen MR) is 71.0 cm³/mol. The topological polar surface area (TPSA) is 44.4 Å². The quantitative estimate of drug-likeness (QED) is 0.696. The van der Waals surface area contributed by atoms with Crippen molar-refractivity contribution in [1.82, 2.24) is 15.5 Å². The molecule has 4 nitrogen and oxygen atoms in total. The summed E-state index contributed by atoms with van der Waals surface area (Å²) < 4.78 is 0. The zero-order valence-corrected chi connectivity index (χ0v) is 11.3. The summed E-state index contributed by atoms with van der Waals surface area (Å²) in [6.45, 7) is 8.01. The molecule has 0 unspecified atom stereocenters. The number of hydrogen-bond donors (Lipinski definition) is 2. The zero-order valence-electron chi connectivity index (χ0n) is 11.3. The first-order valence-electron chi connectivity index (χ1n) is 6.41. The molecule has 1 fully saturated rings. The summed E-state index contributed by atoms with van der Waals surface area (Å²) in [5.41, 5.74) is 1.38. The minimum absolute atomic E-state index is 0.0666. The molecule has 98 valence electrons. The van der Waals surface area contributed by atoms with Gasteiger partial charge in [0.2, 0.25) is 5.91 Å². The van der Waals surface area contributed by atoms with Gasteiger partial charge in [-0.25, -0.2) is 0 Å². The summed E-state index contributed by atoms with van der Waals surface area (Å²) >= 11 is 0. The van der Waals surface area contributed by atoms with Gasteiger partial charge in [0.05, 0.1) is 6.54 Å². The highest BCUT2D eigenvalue weighted by Crippen LogP contribution is 2.10. The van der Waals surface area contributed by atoms with Crippen LogP contribution < -0.4 is 10.6 Å². The fraction of sp³-hybridized carbons (Fsp3) is 0.769. The summed E-state index contributed by atoms with van der Waals surface area (Å²) in [4.78, 5) is 13.6. The first-order chi connectivity index (χ1) is 8.11. The van der Waals surface area contributed by atoms with Crippen LogP contribution in [0, 0.1) is 0 Å². The van der Waals surface area contributed by atoms with E-state index < -0.39 is 0 Å². The number of carbonyl (C=O) groups is 1. The Labute approximate surface area is 104 Å². The first kappa shape index (κ1) is 14.2. The third-order valence-corrected chi connectivity index (χ3v) is 3.18. The van der Waals surface area contributed by atoms with E-state index in [4.69, 9.17) is 0 Å². The van der Waals surface area contributed by atoms with Crippen LogP contribution in [-0.2, 0) is 4.79 Å². The number of allylic oxidation sites excluding steroid dienone is 1. The van der Waals surface area contributed by atoms with Gasteiger partial charge in [0.25, 0.3) is 0 Å². The molecule has 1 heterocycles. The van der Waals surface area contributed by atoms with E-state index in [0.717, 1.165) is 32.5 Å². The van der Waals surface area contributed by atoms with E-state index in [1.54, 1.807) is 7.05 Å². The van der Waals surface area contributed by atoms with Gasteiger partial charge in [-0.2, -0.15) is 0 Å². The minimum atomic E-state index is 0.0666. The second-order valence-electron chi connectivity index (χ2n) is 4.91. The third kappa shape index (κ3) is 5.84. The number of nitrogens with one attached hydrogen (secondary N) is 2. The Morgan fingerprint density at radius 1 is 1.35 bits per heavy atom. The van der Waals surface area contributed by atoms with Gasteiger partial charge < -0.3 is 10.6 Å². The van der Waals surface area contributed by atoms with Crippen molar-refractivity contribution in [3.63, 3.8) is 0 Å². The minimum Gasteiger partial charge on any atom is -0.358 e. The number of likely N-dealkylation sites (tertiary alicyclic amines) is 1. The second kappa shape index (κ2) is 7.45. The molecule has 0 aromatic carbocycles. The lowest BCUT2D eigenvalue weighted by atomic mass is 10.0. The van der Waals surface area contributed by atoms with E-state index >= 15 is 0 Å². The average molecular weight is 239 g/mol. The van der Waals surface area contributed by atoms with Crippen LogP contribution >= 0.6 is 0 Å². The van der Waals surface area contributed by atoms with Crippen molar-refractivity contribution in [2.75, 3.05) is 33.2 Å². The molecule has 17 heavy (non-hydrogen) atoms. The maximum Gasteiger partial charge on any atom is 0.233 e. The Hall–Kier alpha value is -0.870. The van der Waals surface area contributed by atoms with Gasteiger partial charge in [0, 0.05) is 19.6 Å². The molecule has 2 N–H and O–H groups in total. The van der Waals surface area contributed by atoms with Crippen LogP contribution in [0.15, 0.2) is 11.6 Å². The van der Waals surface area contributed by atoms with E-state index in [9.17, 15) is 4.79 Å². The molecule has 1 rings (SSSR count). The summed E-state index contributed by atoms with van der Waals surface area (Å²) in [5, 5.41) is 5.93. The van der Waals surface area contributed by atoms with E-state index in [2.05, 4.69) is 35.5 Å². The number of hydrogen-bond acceptors (Lipinski definition) is 3. The highest BCUT2D eigenvalue weighted by molar-refractivity contribution is 5.77. The molecule has 0 saturated carbocycles. The van der Waals surface area contributed by atoms with Crippen molar-refractivity contribution >= 4 is 5.91 Å². The Bertz CT molecular complexity index is 264. The van der Waals surface area contributed by atoms with Crippen LogP contribution in [0.2, 0.25) is 0 Å². The van der Waals surface area contributed by atoms with Gasteiger partial charge in [-0.1, -0.05) is 11.6 Å². The smallest absolute Gasteiger partial charge is 0.233 e. The third-order valence-electron chi connectivity index (χ3n) is 3.18. The highest BCUT2D eigenvalue weighted by Gasteiger charge is 2.18. The Balaban J connectivity index is 2.17. The molecule has 0 atom stereocenters. The van der Waals surface area contributed by atoms with E-state index in [-0.39, 0.29) is 5.91 Å². The average Bonchev–Trinajstić information content (AvgIpc) is 2.34. The molecule has 1 aliphatic heterocycles. The van der Waals surface area contributed by atoms with Gasteiger partial charge in [0.15, 0.2) is 0 Å². The predicted octanol–water partition coefficient (Wildman–Crippen LogP) is 0.753. The fourth-order valence-electron chi connectivity index (χ4n) is 1.96. The number of piperidine rings is 1. The molecule has 1 aliphatic rings. The first-order valence-corrected chi connectivity index (χ1v) is 6.41. The fourth-order valence-corrected chi connectivity index (χ4v) is 1.96. The van der Waals surface area contributed by atoms with Crippen molar-refractivity contribution in [3.05, 3.63) is 11.6 Å². The molecule has 0 spiro atoms. The van der Waals surface area contributed by atoms with E-state index in [1.807, 2.05) is 0 Å². The normalized spacial score (nSPS) is 17.8. The molecule has 0 aliphatic carbocycles. The molecule has 0 radical (unpaired) electrons. The van der Waals surface area contributed by atoms with Crippen LogP contribution in [0.3, 0.4) is 0 Å². The molecule has 0 bridgehead atoms. The number of carbonyl (C=O) groups excluding carboxylic acids is 1. The summed E-state index contributed by atoms with van der Waals surface area (Å²) in [5.74, 6) is 0.0666. The Kier molecular flexibility index (Phi) is 6.22.